The van der Waals surface area contributed by atoms with Crippen LogP contribution < -0.4 is 0 Å². The highest BCUT2D eigenvalue weighted by Crippen LogP contribution is 2.65. The maximum absolute atomic E-state index is 10.5. The molecule has 0 aromatic heterocycles. The van der Waals surface area contributed by atoms with Crippen molar-refractivity contribution in [3.63, 3.8) is 0 Å². The molecule has 0 rings (SSSR count). The van der Waals surface area contributed by atoms with Crippen LogP contribution in [-0.4, -0.2) is 24.8 Å². The molecule has 0 aromatic rings. The zero-order valence-corrected chi connectivity index (χ0v) is 8.71. The van der Waals surface area contributed by atoms with Gasteiger partial charge in [0.25, 0.3) is 0 Å². The van der Waals surface area contributed by atoms with Crippen LogP contribution in [0.4, 0.5) is 0 Å². The Labute approximate surface area is 76.3 Å². The molecule has 2 unspecified atom stereocenters. The summed E-state index contributed by atoms with van der Waals surface area (Å²) in [6.45, 7) is 0. The Bertz CT molecular complexity index is 319. The molecule has 14 heteroatoms. The molecule has 5 N–H and O–H groups in total. The lowest BCUT2D eigenvalue weighted by atomic mass is 15.0. The quantitative estimate of drug-likeness (QED) is 0.254. The third-order valence-corrected chi connectivity index (χ3v) is 4.05. The molecular formula is H5O11P3. The van der Waals surface area contributed by atoms with E-state index in [-0.39, 0.29) is 0 Å². The Balaban J connectivity index is 4.60. The summed E-state index contributed by atoms with van der Waals surface area (Å²) in [4.78, 5) is 32.7. The molecule has 2 atom stereocenters. The number of rotatable bonds is 5. The van der Waals surface area contributed by atoms with Crippen molar-refractivity contribution in [2.24, 2.45) is 0 Å². The van der Waals surface area contributed by atoms with E-state index < -0.39 is 23.5 Å². The van der Waals surface area contributed by atoms with Crippen molar-refractivity contribution in [3.8, 4) is 0 Å². The molecule has 11 nitrogen and oxygen atoms in total. The Kier molecular flexibility index (Phi) is 4.60. The van der Waals surface area contributed by atoms with Crippen LogP contribution in [0.5, 0.6) is 0 Å². The molecule has 0 aliphatic rings. The predicted octanol–water partition coefficient (Wildman–Crippen LogP) is -0.197. The molecule has 0 aliphatic heterocycles. The van der Waals surface area contributed by atoms with Crippen LogP contribution >= 0.6 is 23.5 Å². The highest BCUT2D eigenvalue weighted by atomic mass is 31.3. The van der Waals surface area contributed by atoms with Crippen LogP contribution in [0, 0.1) is 0 Å². The van der Waals surface area contributed by atoms with Crippen molar-refractivity contribution < 1.29 is 51.8 Å². The second kappa shape index (κ2) is 4.48. The van der Waals surface area contributed by atoms with E-state index >= 15 is 0 Å². The zero-order chi connectivity index (χ0) is 11.6. The smallest absolute Gasteiger partial charge is 0.302 e. The van der Waals surface area contributed by atoms with E-state index in [2.05, 4.69) is 13.3 Å². The van der Waals surface area contributed by atoms with Gasteiger partial charge in [0.15, 0.2) is 0 Å². The fourth-order valence-corrected chi connectivity index (χ4v) is 2.92. The minimum Gasteiger partial charge on any atom is -0.302 e. The minimum atomic E-state index is -5.51. The van der Waals surface area contributed by atoms with Gasteiger partial charge in [0.2, 0.25) is 0 Å². The Hall–Kier alpha value is 0.370. The van der Waals surface area contributed by atoms with Crippen molar-refractivity contribution in [1.82, 2.24) is 0 Å². The molecular weight excluding hydrogens is 269 g/mol. The van der Waals surface area contributed by atoms with Gasteiger partial charge >= 0.3 is 23.5 Å². The Morgan fingerprint density at radius 3 is 1.50 bits per heavy atom. The van der Waals surface area contributed by atoms with Crippen molar-refractivity contribution >= 4 is 23.5 Å². The first kappa shape index (κ1) is 14.4. The molecule has 0 heterocycles. The predicted molar refractivity (Wildman–Crippen MR) is 37.6 cm³/mol. The monoisotopic (exact) mass is 274 g/mol. The van der Waals surface area contributed by atoms with Gasteiger partial charge in [-0.25, -0.2) is 19.0 Å². The standard InChI is InChI=1S/H5O11P3/c1-9-13(5,6)11-14(7,8)10-12(2,3)4/h1H,(H,5,6)(H,7,8)(H2,2,3,4). The SMILES string of the molecule is O=P(O)(O)OP(=O)(O)OP(=O)(O)OO. The van der Waals surface area contributed by atoms with E-state index in [1.54, 1.807) is 0 Å². The number of hydrogen-bond acceptors (Lipinski definition) is 7. The average molecular weight is 274 g/mol. The van der Waals surface area contributed by atoms with Gasteiger partial charge < -0.3 is 19.6 Å². The summed E-state index contributed by atoms with van der Waals surface area (Å²) in [6, 6.07) is 0. The first-order valence-corrected chi connectivity index (χ1v) is 6.96. The molecule has 0 bridgehead atoms. The van der Waals surface area contributed by atoms with Gasteiger partial charge in [-0.3, -0.25) is 0 Å². The van der Waals surface area contributed by atoms with Crippen LogP contribution in [0.15, 0.2) is 0 Å². The van der Waals surface area contributed by atoms with E-state index in [0.29, 0.717) is 0 Å². The second-order valence-corrected chi connectivity index (χ2v) is 6.00. The van der Waals surface area contributed by atoms with E-state index in [4.69, 9.17) is 24.8 Å². The third-order valence-electron chi connectivity index (χ3n) is 0.519. The van der Waals surface area contributed by atoms with Gasteiger partial charge in [0, 0.05) is 0 Å². The number of hydrogen-bond donors (Lipinski definition) is 5. The lowest BCUT2D eigenvalue weighted by Gasteiger charge is -2.13. The van der Waals surface area contributed by atoms with E-state index in [0.717, 1.165) is 0 Å². The largest absolute Gasteiger partial charge is 0.508 e. The van der Waals surface area contributed by atoms with Gasteiger partial charge in [0.1, 0.15) is 0 Å². The molecule has 0 aliphatic carbocycles. The zero-order valence-electron chi connectivity index (χ0n) is 6.03. The summed E-state index contributed by atoms with van der Waals surface area (Å²) in [5, 5.41) is 7.64. The molecule has 0 radical (unpaired) electrons. The van der Waals surface area contributed by atoms with Gasteiger partial charge in [-0.05, 0) is 0 Å². The van der Waals surface area contributed by atoms with Crippen LogP contribution in [0.25, 0.3) is 0 Å². The fourth-order valence-electron chi connectivity index (χ4n) is 0.295. The van der Waals surface area contributed by atoms with Gasteiger partial charge in [0.05, 0.1) is 0 Å². The third kappa shape index (κ3) is 6.77. The summed E-state index contributed by atoms with van der Waals surface area (Å²) < 4.78 is 39.8. The van der Waals surface area contributed by atoms with Crippen LogP contribution in [0.3, 0.4) is 0 Å². The molecule has 86 valence electrons. The molecule has 0 aromatic carbocycles. The lowest BCUT2D eigenvalue weighted by molar-refractivity contribution is -0.157. The lowest BCUT2D eigenvalue weighted by Crippen LogP contribution is -1.94. The molecule has 0 spiro atoms. The van der Waals surface area contributed by atoms with Gasteiger partial charge in [-0.2, -0.15) is 8.62 Å². The van der Waals surface area contributed by atoms with E-state index in [1.807, 2.05) is 0 Å². The molecule has 0 amide bonds. The first-order chi connectivity index (χ1) is 5.97. The minimum absolute atomic E-state index is 2.71. The highest BCUT2D eigenvalue weighted by Gasteiger charge is 2.40. The maximum atomic E-state index is 10.5. The topological polar surface area (TPSA) is 180 Å². The van der Waals surface area contributed by atoms with E-state index in [9.17, 15) is 13.7 Å². The van der Waals surface area contributed by atoms with Crippen LogP contribution in [0.2, 0.25) is 0 Å². The maximum Gasteiger partial charge on any atom is 0.508 e. The summed E-state index contributed by atoms with van der Waals surface area (Å²) in [5.41, 5.74) is 0. The van der Waals surface area contributed by atoms with Crippen LogP contribution in [0.1, 0.15) is 0 Å². The molecule has 0 saturated carbocycles. The first-order valence-electron chi connectivity index (χ1n) is 2.44. The second-order valence-electron chi connectivity index (χ2n) is 1.67. The molecule has 0 saturated heterocycles. The molecule has 14 heavy (non-hydrogen) atoms. The highest BCUT2D eigenvalue weighted by molar-refractivity contribution is 7.66. The average Bonchev–Trinajstić information content (AvgIpc) is 1.78. The van der Waals surface area contributed by atoms with Crippen molar-refractivity contribution in [1.29, 1.82) is 0 Å². The van der Waals surface area contributed by atoms with Crippen LogP contribution in [-0.2, 0) is 27.0 Å². The number of phosphoric acid groups is 3. The Morgan fingerprint density at radius 1 is 0.786 bits per heavy atom. The summed E-state index contributed by atoms with van der Waals surface area (Å²) >= 11 is 0. The van der Waals surface area contributed by atoms with Crippen molar-refractivity contribution in [2.45, 2.75) is 0 Å². The molecule has 0 fully saturated rings. The summed E-state index contributed by atoms with van der Waals surface area (Å²) in [7, 11) is -16.2. The van der Waals surface area contributed by atoms with Gasteiger partial charge in [-0.15, -0.1) is 4.67 Å². The van der Waals surface area contributed by atoms with Gasteiger partial charge in [-0.1, -0.05) is 0 Å². The fraction of sp³-hybridized carbons (Fsp3) is 0. The normalized spacial score (nSPS) is 21.2. The Morgan fingerprint density at radius 2 is 1.21 bits per heavy atom. The summed E-state index contributed by atoms with van der Waals surface area (Å²) in [6.07, 6.45) is 0. The van der Waals surface area contributed by atoms with E-state index in [1.165, 1.54) is 0 Å². The summed E-state index contributed by atoms with van der Waals surface area (Å²) in [5.74, 6) is 0. The van der Waals surface area contributed by atoms with Crippen molar-refractivity contribution in [3.05, 3.63) is 0 Å². The van der Waals surface area contributed by atoms with Crippen molar-refractivity contribution in [2.75, 3.05) is 0 Å².